The number of carbonyl (C=O) groups is 1. The molecule has 4 rings (SSSR count). The number of pyridine rings is 1. The standard InChI is InChI=1S/C19H19N3O2/c23-18(13-9-15-5-3-4-8-22(15)12-13)20-10-14-11-21-19(24)17-7-2-1-6-16(14)17/h1-2,6-7,9,11-12H,3-5,8,10H2,(H,20,23)(H,21,24). The zero-order valence-corrected chi connectivity index (χ0v) is 13.3. The highest BCUT2D eigenvalue weighted by Gasteiger charge is 2.15. The van der Waals surface area contributed by atoms with Crippen LogP contribution in [-0.4, -0.2) is 15.5 Å². The van der Waals surface area contributed by atoms with Gasteiger partial charge >= 0.3 is 0 Å². The van der Waals surface area contributed by atoms with E-state index in [9.17, 15) is 9.59 Å². The number of fused-ring (bicyclic) bond motifs is 2. The summed E-state index contributed by atoms with van der Waals surface area (Å²) in [5.41, 5.74) is 2.74. The highest BCUT2D eigenvalue weighted by atomic mass is 16.1. The topological polar surface area (TPSA) is 66.9 Å². The number of nitrogens with zero attached hydrogens (tertiary/aromatic N) is 1. The van der Waals surface area contributed by atoms with Crippen LogP contribution >= 0.6 is 0 Å². The number of hydrogen-bond acceptors (Lipinski definition) is 2. The fourth-order valence-electron chi connectivity index (χ4n) is 3.38. The van der Waals surface area contributed by atoms with E-state index >= 15 is 0 Å². The second kappa shape index (κ2) is 6.00. The lowest BCUT2D eigenvalue weighted by molar-refractivity contribution is 0.0951. The van der Waals surface area contributed by atoms with Gasteiger partial charge in [-0.05, 0) is 42.3 Å². The molecule has 5 nitrogen and oxygen atoms in total. The largest absolute Gasteiger partial charge is 0.351 e. The average molecular weight is 321 g/mol. The van der Waals surface area contributed by atoms with E-state index < -0.39 is 0 Å². The molecule has 0 radical (unpaired) electrons. The Morgan fingerprint density at radius 2 is 2.04 bits per heavy atom. The molecule has 0 saturated carbocycles. The van der Waals surface area contributed by atoms with Gasteiger partial charge in [0.15, 0.2) is 0 Å². The molecule has 2 N–H and O–H groups in total. The van der Waals surface area contributed by atoms with Crippen LogP contribution in [0.25, 0.3) is 10.8 Å². The van der Waals surface area contributed by atoms with Crippen molar-refractivity contribution in [2.45, 2.75) is 32.4 Å². The first-order valence-corrected chi connectivity index (χ1v) is 8.29. The van der Waals surface area contributed by atoms with Gasteiger partial charge in [0.05, 0.1) is 5.56 Å². The summed E-state index contributed by atoms with van der Waals surface area (Å²) in [7, 11) is 0. The van der Waals surface area contributed by atoms with Crippen LogP contribution in [0.3, 0.4) is 0 Å². The Balaban J connectivity index is 1.55. The lowest BCUT2D eigenvalue weighted by Gasteiger charge is -2.13. The predicted molar refractivity (Wildman–Crippen MR) is 93.1 cm³/mol. The zero-order chi connectivity index (χ0) is 16.5. The van der Waals surface area contributed by atoms with Crippen LogP contribution in [0.1, 0.15) is 34.5 Å². The zero-order valence-electron chi connectivity index (χ0n) is 13.3. The smallest absolute Gasteiger partial charge is 0.255 e. The molecule has 0 fully saturated rings. The van der Waals surface area contributed by atoms with Gasteiger partial charge in [-0.15, -0.1) is 0 Å². The molecule has 2 aromatic heterocycles. The van der Waals surface area contributed by atoms with Crippen molar-refractivity contribution in [2.24, 2.45) is 0 Å². The molecule has 1 aliphatic heterocycles. The number of hydrogen-bond donors (Lipinski definition) is 2. The van der Waals surface area contributed by atoms with E-state index in [0.29, 0.717) is 17.5 Å². The molecule has 0 unspecified atom stereocenters. The van der Waals surface area contributed by atoms with Gasteiger partial charge in [-0.2, -0.15) is 0 Å². The summed E-state index contributed by atoms with van der Waals surface area (Å²) in [4.78, 5) is 27.0. The number of aryl methyl sites for hydroxylation is 2. The molecule has 122 valence electrons. The highest BCUT2D eigenvalue weighted by Crippen LogP contribution is 2.18. The molecule has 0 bridgehead atoms. The van der Waals surface area contributed by atoms with E-state index in [0.717, 1.165) is 23.9 Å². The van der Waals surface area contributed by atoms with Crippen LogP contribution in [0.2, 0.25) is 0 Å². The van der Waals surface area contributed by atoms with Crippen molar-refractivity contribution in [1.82, 2.24) is 14.9 Å². The number of aromatic nitrogens is 2. The monoisotopic (exact) mass is 321 g/mol. The molecule has 1 amide bonds. The summed E-state index contributed by atoms with van der Waals surface area (Å²) in [5, 5.41) is 4.48. The van der Waals surface area contributed by atoms with Crippen LogP contribution in [0.4, 0.5) is 0 Å². The molecule has 5 heteroatoms. The molecular formula is C19H19N3O2. The van der Waals surface area contributed by atoms with Gasteiger partial charge in [0.1, 0.15) is 0 Å². The van der Waals surface area contributed by atoms with E-state index in [2.05, 4.69) is 14.9 Å². The Morgan fingerprint density at radius 3 is 2.88 bits per heavy atom. The number of benzene rings is 1. The van der Waals surface area contributed by atoms with Crippen molar-refractivity contribution in [3.63, 3.8) is 0 Å². The van der Waals surface area contributed by atoms with E-state index in [-0.39, 0.29) is 11.5 Å². The van der Waals surface area contributed by atoms with E-state index in [4.69, 9.17) is 0 Å². The summed E-state index contributed by atoms with van der Waals surface area (Å²) < 4.78 is 2.17. The lowest BCUT2D eigenvalue weighted by atomic mass is 10.1. The minimum absolute atomic E-state index is 0.0767. The summed E-state index contributed by atoms with van der Waals surface area (Å²) in [6.07, 6.45) is 7.02. The average Bonchev–Trinajstić information content (AvgIpc) is 3.05. The van der Waals surface area contributed by atoms with E-state index in [1.165, 1.54) is 18.5 Å². The molecule has 0 atom stereocenters. The van der Waals surface area contributed by atoms with E-state index in [1.54, 1.807) is 12.3 Å². The Bertz CT molecular complexity index is 945. The first kappa shape index (κ1) is 14.8. The van der Waals surface area contributed by atoms with Crippen molar-refractivity contribution < 1.29 is 4.79 Å². The molecule has 0 saturated heterocycles. The van der Waals surface area contributed by atoms with Crippen molar-refractivity contribution in [2.75, 3.05) is 0 Å². The molecule has 3 heterocycles. The number of aromatic amines is 1. The Kier molecular flexibility index (Phi) is 3.69. The number of H-pyrrole nitrogens is 1. The van der Waals surface area contributed by atoms with Gasteiger partial charge in [-0.3, -0.25) is 9.59 Å². The maximum atomic E-state index is 12.4. The van der Waals surface area contributed by atoms with Crippen LogP contribution < -0.4 is 10.9 Å². The minimum atomic E-state index is -0.110. The van der Waals surface area contributed by atoms with Gasteiger partial charge < -0.3 is 14.9 Å². The highest BCUT2D eigenvalue weighted by molar-refractivity contribution is 5.94. The Labute approximate surface area is 139 Å². The van der Waals surface area contributed by atoms with Gasteiger partial charge in [-0.1, -0.05) is 18.2 Å². The molecular weight excluding hydrogens is 302 g/mol. The second-order valence-electron chi connectivity index (χ2n) is 6.24. The third-order valence-electron chi connectivity index (χ3n) is 4.66. The maximum Gasteiger partial charge on any atom is 0.255 e. The van der Waals surface area contributed by atoms with Crippen molar-refractivity contribution in [3.05, 3.63) is 69.9 Å². The molecule has 24 heavy (non-hydrogen) atoms. The predicted octanol–water partition coefficient (Wildman–Crippen LogP) is 2.60. The molecule has 0 aliphatic carbocycles. The number of nitrogens with one attached hydrogen (secondary N) is 2. The van der Waals surface area contributed by atoms with Crippen LogP contribution in [0.15, 0.2) is 47.5 Å². The summed E-state index contributed by atoms with van der Waals surface area (Å²) >= 11 is 0. The SMILES string of the molecule is O=C(NCc1c[nH]c(=O)c2ccccc12)c1cc2n(c1)CCCC2. The van der Waals surface area contributed by atoms with Crippen molar-refractivity contribution >= 4 is 16.7 Å². The third-order valence-corrected chi connectivity index (χ3v) is 4.66. The third kappa shape index (κ3) is 2.62. The summed E-state index contributed by atoms with van der Waals surface area (Å²) in [6.45, 7) is 1.38. The van der Waals surface area contributed by atoms with Gasteiger partial charge in [0.25, 0.3) is 11.5 Å². The normalized spacial score (nSPS) is 13.7. The van der Waals surface area contributed by atoms with Crippen LogP contribution in [-0.2, 0) is 19.5 Å². The molecule has 3 aromatic rings. The first-order chi connectivity index (χ1) is 11.7. The molecule has 1 aromatic carbocycles. The number of rotatable bonds is 3. The van der Waals surface area contributed by atoms with Gasteiger partial charge in [0, 0.05) is 36.6 Å². The fraction of sp³-hybridized carbons (Fsp3) is 0.263. The fourth-order valence-corrected chi connectivity index (χ4v) is 3.38. The number of amides is 1. The van der Waals surface area contributed by atoms with Crippen molar-refractivity contribution in [1.29, 1.82) is 0 Å². The molecule has 0 spiro atoms. The molecule has 1 aliphatic rings. The van der Waals surface area contributed by atoms with Gasteiger partial charge in [-0.25, -0.2) is 0 Å². The minimum Gasteiger partial charge on any atom is -0.351 e. The second-order valence-corrected chi connectivity index (χ2v) is 6.24. The van der Waals surface area contributed by atoms with Gasteiger partial charge in [0.2, 0.25) is 0 Å². The first-order valence-electron chi connectivity index (χ1n) is 8.29. The Hall–Kier alpha value is -2.82. The quantitative estimate of drug-likeness (QED) is 0.778. The summed E-state index contributed by atoms with van der Waals surface area (Å²) in [6, 6.07) is 9.42. The summed E-state index contributed by atoms with van der Waals surface area (Å²) in [5.74, 6) is -0.0767. The van der Waals surface area contributed by atoms with Crippen LogP contribution in [0, 0.1) is 0 Å². The lowest BCUT2D eigenvalue weighted by Crippen LogP contribution is -2.23. The maximum absolute atomic E-state index is 12.4. The number of carbonyl (C=O) groups excluding carboxylic acids is 1. The van der Waals surface area contributed by atoms with Crippen LogP contribution in [0.5, 0.6) is 0 Å². The Morgan fingerprint density at radius 1 is 1.21 bits per heavy atom. The van der Waals surface area contributed by atoms with E-state index in [1.807, 2.05) is 30.5 Å². The van der Waals surface area contributed by atoms with Crippen molar-refractivity contribution in [3.8, 4) is 0 Å².